The third-order valence-electron chi connectivity index (χ3n) is 3.32. The van der Waals surface area contributed by atoms with Crippen molar-refractivity contribution in [2.45, 2.75) is 6.54 Å². The summed E-state index contributed by atoms with van der Waals surface area (Å²) in [6, 6.07) is 8.45. The molecule has 1 aromatic heterocycles. The normalized spacial score (nSPS) is 10.3. The fourth-order valence-corrected chi connectivity index (χ4v) is 2.91. The van der Waals surface area contributed by atoms with Crippen molar-refractivity contribution < 1.29 is 19.1 Å². The van der Waals surface area contributed by atoms with E-state index in [1.807, 2.05) is 0 Å². The van der Waals surface area contributed by atoms with Gasteiger partial charge in [-0.2, -0.15) is 0 Å². The number of thiophene rings is 1. The molecule has 0 saturated heterocycles. The van der Waals surface area contributed by atoms with Gasteiger partial charge in [-0.25, -0.2) is 0 Å². The number of rotatable bonds is 7. The second-order valence-electron chi connectivity index (χ2n) is 5.32. The lowest BCUT2D eigenvalue weighted by Gasteiger charge is -2.17. The van der Waals surface area contributed by atoms with E-state index in [0.29, 0.717) is 21.5 Å². The van der Waals surface area contributed by atoms with Gasteiger partial charge in [0.25, 0.3) is 11.8 Å². The van der Waals surface area contributed by atoms with Gasteiger partial charge in [-0.05, 0) is 29.1 Å². The summed E-state index contributed by atoms with van der Waals surface area (Å²) in [5.41, 5.74) is 0.796. The molecule has 0 aliphatic rings. The third kappa shape index (κ3) is 6.01. The zero-order valence-electron chi connectivity index (χ0n) is 13.8. The van der Waals surface area contributed by atoms with Crippen LogP contribution in [0.4, 0.5) is 0 Å². The molecule has 0 atom stereocenters. The number of halogens is 2. The molecule has 0 aliphatic heterocycles. The van der Waals surface area contributed by atoms with Crippen LogP contribution in [-0.4, -0.2) is 42.9 Å². The maximum absolute atomic E-state index is 12.0. The number of carbonyl (C=O) groups is 3. The highest BCUT2D eigenvalue weighted by atomic mass is 35.5. The van der Waals surface area contributed by atoms with E-state index in [4.69, 9.17) is 27.9 Å². The molecule has 0 aliphatic carbocycles. The molecule has 0 saturated carbocycles. The first kappa shape index (κ1) is 20.2. The summed E-state index contributed by atoms with van der Waals surface area (Å²) in [7, 11) is 1.58. The zero-order valence-corrected chi connectivity index (χ0v) is 16.2. The van der Waals surface area contributed by atoms with Gasteiger partial charge in [0.05, 0.1) is 14.9 Å². The molecule has 2 amide bonds. The summed E-state index contributed by atoms with van der Waals surface area (Å²) >= 11 is 13.1. The van der Waals surface area contributed by atoms with Crippen molar-refractivity contribution in [2.24, 2.45) is 0 Å². The van der Waals surface area contributed by atoms with Gasteiger partial charge in [0.1, 0.15) is 6.54 Å². The minimum atomic E-state index is -0.689. The van der Waals surface area contributed by atoms with Crippen LogP contribution in [0.15, 0.2) is 35.7 Å². The highest BCUT2D eigenvalue weighted by Crippen LogP contribution is 2.23. The average molecular weight is 415 g/mol. The summed E-state index contributed by atoms with van der Waals surface area (Å²) in [6.07, 6.45) is 0. The largest absolute Gasteiger partial charge is 0.454 e. The number of ether oxygens (including phenoxy) is 1. The molecule has 2 aromatic rings. The minimum Gasteiger partial charge on any atom is -0.454 e. The van der Waals surface area contributed by atoms with Crippen molar-refractivity contribution in [1.82, 2.24) is 10.2 Å². The summed E-state index contributed by atoms with van der Waals surface area (Å²) in [5.74, 6) is -1.43. The third-order valence-corrected chi connectivity index (χ3v) is 4.93. The Balaban J connectivity index is 1.73. The summed E-state index contributed by atoms with van der Waals surface area (Å²) < 4.78 is 4.88. The van der Waals surface area contributed by atoms with Gasteiger partial charge < -0.3 is 15.0 Å². The van der Waals surface area contributed by atoms with Gasteiger partial charge in [-0.1, -0.05) is 35.3 Å². The molecule has 0 unspecified atom stereocenters. The van der Waals surface area contributed by atoms with Gasteiger partial charge in [0.15, 0.2) is 6.61 Å². The maximum Gasteiger partial charge on any atom is 0.325 e. The molecule has 1 heterocycles. The van der Waals surface area contributed by atoms with Crippen LogP contribution in [0.5, 0.6) is 0 Å². The van der Waals surface area contributed by atoms with Crippen molar-refractivity contribution in [3.63, 3.8) is 0 Å². The molecule has 1 N–H and O–H groups in total. The van der Waals surface area contributed by atoms with Crippen LogP contribution in [0, 0.1) is 0 Å². The van der Waals surface area contributed by atoms with Crippen molar-refractivity contribution in [2.75, 3.05) is 20.2 Å². The average Bonchev–Trinajstić information content (AvgIpc) is 3.15. The van der Waals surface area contributed by atoms with E-state index in [1.165, 1.54) is 16.2 Å². The molecule has 0 radical (unpaired) electrons. The van der Waals surface area contributed by atoms with E-state index in [2.05, 4.69) is 5.32 Å². The molecule has 1 aromatic carbocycles. The quantitative estimate of drug-likeness (QED) is 0.706. The Morgan fingerprint density at radius 1 is 1.19 bits per heavy atom. The Kier molecular flexibility index (Phi) is 7.44. The van der Waals surface area contributed by atoms with E-state index in [0.717, 1.165) is 5.56 Å². The van der Waals surface area contributed by atoms with Gasteiger partial charge in [-0.3, -0.25) is 14.4 Å². The van der Waals surface area contributed by atoms with Crippen LogP contribution >= 0.6 is 34.5 Å². The van der Waals surface area contributed by atoms with Crippen LogP contribution in [0.2, 0.25) is 10.0 Å². The second kappa shape index (κ2) is 9.56. The fourth-order valence-electron chi connectivity index (χ4n) is 1.95. The van der Waals surface area contributed by atoms with E-state index in [9.17, 15) is 14.4 Å². The monoisotopic (exact) mass is 414 g/mol. The molecule has 0 bridgehead atoms. The van der Waals surface area contributed by atoms with Gasteiger partial charge >= 0.3 is 5.97 Å². The number of nitrogens with zero attached hydrogens (tertiary/aromatic N) is 1. The first-order valence-corrected chi connectivity index (χ1v) is 9.15. The number of hydrogen-bond donors (Lipinski definition) is 1. The number of nitrogens with one attached hydrogen (secondary N) is 1. The van der Waals surface area contributed by atoms with Crippen molar-refractivity contribution >= 4 is 52.3 Å². The van der Waals surface area contributed by atoms with E-state index in [-0.39, 0.29) is 18.4 Å². The Labute approximate surface area is 164 Å². The zero-order chi connectivity index (χ0) is 19.1. The number of benzene rings is 1. The lowest BCUT2D eigenvalue weighted by atomic mass is 10.2. The standard InChI is InChI=1S/C17H16Cl2N2O4S/c1-21(9-11-4-5-12(18)13(19)7-11)15(22)10-25-16(23)8-20-17(24)14-3-2-6-26-14/h2-7H,8-10H2,1H3,(H,20,24). The van der Waals surface area contributed by atoms with Gasteiger partial charge in [-0.15, -0.1) is 11.3 Å². The maximum atomic E-state index is 12.0. The molecule has 2 rings (SSSR count). The number of likely N-dealkylation sites (N-methyl/N-ethyl adjacent to an activating group) is 1. The number of carbonyl (C=O) groups excluding carboxylic acids is 3. The Bertz CT molecular complexity index is 796. The highest BCUT2D eigenvalue weighted by molar-refractivity contribution is 7.12. The summed E-state index contributed by atoms with van der Waals surface area (Å²) in [4.78, 5) is 37.3. The molecule has 138 valence electrons. The first-order chi connectivity index (χ1) is 12.4. The van der Waals surface area contributed by atoms with Crippen LogP contribution in [-0.2, 0) is 20.9 Å². The molecular weight excluding hydrogens is 399 g/mol. The number of hydrogen-bond acceptors (Lipinski definition) is 5. The second-order valence-corrected chi connectivity index (χ2v) is 7.08. The number of amides is 2. The van der Waals surface area contributed by atoms with Crippen molar-refractivity contribution in [3.05, 3.63) is 56.2 Å². The smallest absolute Gasteiger partial charge is 0.325 e. The van der Waals surface area contributed by atoms with Gasteiger partial charge in [0.2, 0.25) is 0 Å². The predicted molar refractivity (Wildman–Crippen MR) is 101 cm³/mol. The van der Waals surface area contributed by atoms with Crippen molar-refractivity contribution in [3.8, 4) is 0 Å². The van der Waals surface area contributed by atoms with E-state index >= 15 is 0 Å². The van der Waals surface area contributed by atoms with Crippen LogP contribution < -0.4 is 5.32 Å². The molecule has 6 nitrogen and oxygen atoms in total. The highest BCUT2D eigenvalue weighted by Gasteiger charge is 2.14. The molecule has 0 spiro atoms. The fraction of sp³-hybridized carbons (Fsp3) is 0.235. The minimum absolute atomic E-state index is 0.294. The van der Waals surface area contributed by atoms with Gasteiger partial charge in [0, 0.05) is 13.6 Å². The SMILES string of the molecule is CN(Cc1ccc(Cl)c(Cl)c1)C(=O)COC(=O)CNC(=O)c1cccs1. The Hall–Kier alpha value is -2.09. The van der Waals surface area contributed by atoms with Crippen LogP contribution in [0.3, 0.4) is 0 Å². The van der Waals surface area contributed by atoms with E-state index in [1.54, 1.807) is 42.8 Å². The van der Waals surface area contributed by atoms with Crippen molar-refractivity contribution in [1.29, 1.82) is 0 Å². The molecule has 9 heteroatoms. The van der Waals surface area contributed by atoms with Crippen LogP contribution in [0.25, 0.3) is 0 Å². The summed E-state index contributed by atoms with van der Waals surface area (Å²) in [6.45, 7) is -0.422. The van der Waals surface area contributed by atoms with E-state index < -0.39 is 12.6 Å². The lowest BCUT2D eigenvalue weighted by molar-refractivity contribution is -0.150. The molecule has 0 fully saturated rings. The lowest BCUT2D eigenvalue weighted by Crippen LogP contribution is -2.34. The van der Waals surface area contributed by atoms with Crippen LogP contribution in [0.1, 0.15) is 15.2 Å². The molecule has 26 heavy (non-hydrogen) atoms. The summed E-state index contributed by atoms with van der Waals surface area (Å²) in [5, 5.41) is 5.03. The number of esters is 1. The Morgan fingerprint density at radius 3 is 2.62 bits per heavy atom. The predicted octanol–water partition coefficient (Wildman–Crippen LogP) is 2.99. The topological polar surface area (TPSA) is 75.7 Å². The Morgan fingerprint density at radius 2 is 1.96 bits per heavy atom. The first-order valence-electron chi connectivity index (χ1n) is 7.52. The molecular formula is C17H16Cl2N2O4S.